The molecule has 14 heavy (non-hydrogen) atoms. The lowest BCUT2D eigenvalue weighted by molar-refractivity contribution is -0.125. The van der Waals surface area contributed by atoms with Crippen molar-refractivity contribution in [1.29, 1.82) is 0 Å². The van der Waals surface area contributed by atoms with E-state index in [1.165, 1.54) is 0 Å². The summed E-state index contributed by atoms with van der Waals surface area (Å²) >= 11 is 0. The first-order chi connectivity index (χ1) is 6.41. The predicted octanol–water partition coefficient (Wildman–Crippen LogP) is 1.53. The van der Waals surface area contributed by atoms with Crippen molar-refractivity contribution in [3.8, 4) is 0 Å². The number of rotatable bonds is 4. The van der Waals surface area contributed by atoms with Crippen LogP contribution in [0.15, 0.2) is 5.18 Å². The van der Waals surface area contributed by atoms with Crippen LogP contribution >= 0.6 is 0 Å². The van der Waals surface area contributed by atoms with Gasteiger partial charge in [0.2, 0.25) is 0 Å². The maximum Gasteiger partial charge on any atom is 0.195 e. The molecule has 4 nitrogen and oxygen atoms in total. The fourth-order valence-corrected chi connectivity index (χ4v) is 1.91. The standard InChI is InChI=1S/C10H15NO3/c1-9(2)4-6(9)7(11-13)8(12)10(3)5-14-10/h6-7H,4-5H2,1-3H3. The molecule has 0 aromatic rings. The Labute approximate surface area is 83.0 Å². The van der Waals surface area contributed by atoms with Crippen LogP contribution in [-0.4, -0.2) is 24.0 Å². The van der Waals surface area contributed by atoms with Crippen molar-refractivity contribution in [3.63, 3.8) is 0 Å². The van der Waals surface area contributed by atoms with Crippen LogP contribution in [0.25, 0.3) is 0 Å². The van der Waals surface area contributed by atoms with Crippen LogP contribution in [0.2, 0.25) is 0 Å². The molecule has 4 heteroatoms. The summed E-state index contributed by atoms with van der Waals surface area (Å²) in [6.07, 6.45) is 0.908. The first-order valence-electron chi connectivity index (χ1n) is 4.91. The minimum Gasteiger partial charge on any atom is -0.361 e. The van der Waals surface area contributed by atoms with Gasteiger partial charge in [0, 0.05) is 0 Å². The molecule has 0 aromatic heterocycles. The Morgan fingerprint density at radius 1 is 1.50 bits per heavy atom. The maximum atomic E-state index is 11.8. The number of nitrogens with zero attached hydrogens (tertiary/aromatic N) is 1. The van der Waals surface area contributed by atoms with Crippen LogP contribution in [0.3, 0.4) is 0 Å². The fraction of sp³-hybridized carbons (Fsp3) is 0.900. The third-order valence-electron chi connectivity index (χ3n) is 3.45. The fourth-order valence-electron chi connectivity index (χ4n) is 1.91. The van der Waals surface area contributed by atoms with Crippen molar-refractivity contribution in [2.45, 2.75) is 38.8 Å². The summed E-state index contributed by atoms with van der Waals surface area (Å²) in [5.74, 6) is -0.0170. The van der Waals surface area contributed by atoms with E-state index in [9.17, 15) is 9.70 Å². The van der Waals surface area contributed by atoms with Crippen LogP contribution < -0.4 is 0 Å². The van der Waals surface area contributed by atoms with E-state index in [1.807, 2.05) is 0 Å². The second-order valence-electron chi connectivity index (χ2n) is 5.23. The third-order valence-corrected chi connectivity index (χ3v) is 3.45. The molecule has 1 heterocycles. The zero-order valence-electron chi connectivity index (χ0n) is 8.74. The lowest BCUT2D eigenvalue weighted by Crippen LogP contribution is -2.34. The number of ether oxygens (including phenoxy) is 1. The molecule has 2 rings (SSSR count). The van der Waals surface area contributed by atoms with Gasteiger partial charge in [-0.15, -0.1) is 0 Å². The third kappa shape index (κ3) is 1.38. The molecule has 1 aliphatic carbocycles. The van der Waals surface area contributed by atoms with E-state index in [0.29, 0.717) is 6.61 Å². The summed E-state index contributed by atoms with van der Waals surface area (Å²) in [6.45, 7) is 6.27. The first-order valence-corrected chi connectivity index (χ1v) is 4.91. The van der Waals surface area contributed by atoms with Crippen molar-refractivity contribution in [3.05, 3.63) is 4.91 Å². The van der Waals surface area contributed by atoms with E-state index < -0.39 is 11.6 Å². The largest absolute Gasteiger partial charge is 0.361 e. The molecule has 0 radical (unpaired) electrons. The first kappa shape index (κ1) is 9.77. The molecule has 2 fully saturated rings. The zero-order valence-corrected chi connectivity index (χ0v) is 8.74. The van der Waals surface area contributed by atoms with Crippen LogP contribution in [0.1, 0.15) is 27.2 Å². The van der Waals surface area contributed by atoms with Gasteiger partial charge in [0.15, 0.2) is 11.8 Å². The normalized spacial score (nSPS) is 40.1. The van der Waals surface area contributed by atoms with Crippen molar-refractivity contribution < 1.29 is 9.53 Å². The highest BCUT2D eigenvalue weighted by Gasteiger charge is 2.59. The lowest BCUT2D eigenvalue weighted by Gasteiger charge is -2.11. The van der Waals surface area contributed by atoms with E-state index >= 15 is 0 Å². The molecule has 0 bridgehead atoms. The molecule has 1 saturated carbocycles. The molecule has 1 saturated heterocycles. The highest BCUT2D eigenvalue weighted by atomic mass is 16.6. The molecule has 3 atom stereocenters. The SMILES string of the molecule is CC1(C(=O)C(N=O)C2CC2(C)C)CO1. The number of carbonyl (C=O) groups is 1. The van der Waals surface area contributed by atoms with Gasteiger partial charge in [0.25, 0.3) is 0 Å². The molecule has 3 unspecified atom stereocenters. The Kier molecular flexibility index (Phi) is 1.83. The number of hydrogen-bond donors (Lipinski definition) is 0. The van der Waals surface area contributed by atoms with Crippen molar-refractivity contribution in [2.75, 3.05) is 6.61 Å². The Morgan fingerprint density at radius 3 is 2.29 bits per heavy atom. The second-order valence-corrected chi connectivity index (χ2v) is 5.23. The number of hydrogen-bond acceptors (Lipinski definition) is 4. The smallest absolute Gasteiger partial charge is 0.195 e. The van der Waals surface area contributed by atoms with Crippen molar-refractivity contribution in [2.24, 2.45) is 16.5 Å². The Bertz CT molecular complexity index is 294. The van der Waals surface area contributed by atoms with Crippen LogP contribution in [0, 0.1) is 16.2 Å². The number of nitroso groups, excluding NO2 is 1. The summed E-state index contributed by atoms with van der Waals surface area (Å²) in [7, 11) is 0. The zero-order chi connectivity index (χ0) is 10.6. The van der Waals surface area contributed by atoms with Crippen molar-refractivity contribution >= 4 is 5.78 Å². The summed E-state index contributed by atoms with van der Waals surface area (Å²) in [5, 5.41) is 2.97. The number of epoxide rings is 1. The Morgan fingerprint density at radius 2 is 2.00 bits per heavy atom. The second kappa shape index (κ2) is 2.63. The highest BCUT2D eigenvalue weighted by molar-refractivity contribution is 5.94. The summed E-state index contributed by atoms with van der Waals surface area (Å²) in [4.78, 5) is 22.5. The minimum absolute atomic E-state index is 0.0967. The van der Waals surface area contributed by atoms with Crippen molar-refractivity contribution in [1.82, 2.24) is 0 Å². The topological polar surface area (TPSA) is 59.0 Å². The summed E-state index contributed by atoms with van der Waals surface area (Å²) in [6, 6.07) is -0.697. The monoisotopic (exact) mass is 197 g/mol. The average Bonchev–Trinajstić information content (AvgIpc) is 2.95. The molecule has 1 aliphatic heterocycles. The van der Waals surface area contributed by atoms with Gasteiger partial charge in [-0.25, -0.2) is 0 Å². The highest BCUT2D eigenvalue weighted by Crippen LogP contribution is 2.55. The van der Waals surface area contributed by atoms with E-state index in [4.69, 9.17) is 4.74 Å². The van der Waals surface area contributed by atoms with Gasteiger partial charge in [-0.3, -0.25) is 4.79 Å². The van der Waals surface area contributed by atoms with Gasteiger partial charge in [-0.05, 0) is 24.7 Å². The van der Waals surface area contributed by atoms with Gasteiger partial charge >= 0.3 is 0 Å². The van der Waals surface area contributed by atoms with E-state index in [2.05, 4.69) is 19.0 Å². The van der Waals surface area contributed by atoms with Gasteiger partial charge in [-0.2, -0.15) is 4.91 Å². The lowest BCUT2D eigenvalue weighted by atomic mass is 9.94. The molecule has 2 aliphatic rings. The number of ketones is 1. The van der Waals surface area contributed by atoms with Gasteiger partial charge in [0.05, 0.1) is 6.61 Å². The molecular weight excluding hydrogens is 182 g/mol. The van der Waals surface area contributed by atoms with E-state index in [0.717, 1.165) is 6.42 Å². The van der Waals surface area contributed by atoms with Crippen LogP contribution in [0.5, 0.6) is 0 Å². The van der Waals surface area contributed by atoms with Gasteiger partial charge in [0.1, 0.15) is 5.60 Å². The quantitative estimate of drug-likeness (QED) is 0.507. The summed E-state index contributed by atoms with van der Waals surface area (Å²) in [5.41, 5.74) is -0.614. The van der Waals surface area contributed by atoms with Gasteiger partial charge < -0.3 is 4.74 Å². The number of Topliss-reactive ketones (excluding diaryl/α,β-unsaturated/α-hetero) is 1. The molecule has 0 spiro atoms. The van der Waals surface area contributed by atoms with Gasteiger partial charge in [-0.1, -0.05) is 19.0 Å². The van der Waals surface area contributed by atoms with Crippen LogP contribution in [-0.2, 0) is 9.53 Å². The van der Waals surface area contributed by atoms with Crippen LogP contribution in [0.4, 0.5) is 0 Å². The summed E-state index contributed by atoms with van der Waals surface area (Å²) < 4.78 is 5.04. The molecule has 0 amide bonds. The van der Waals surface area contributed by atoms with E-state index in [-0.39, 0.29) is 17.1 Å². The maximum absolute atomic E-state index is 11.8. The Hall–Kier alpha value is -0.770. The molecule has 78 valence electrons. The Balaban J connectivity index is 2.08. The number of carbonyl (C=O) groups excluding carboxylic acids is 1. The minimum atomic E-state index is -0.711. The van der Waals surface area contributed by atoms with E-state index in [1.54, 1.807) is 6.92 Å². The molecule has 0 aromatic carbocycles. The average molecular weight is 197 g/mol. The molecular formula is C10H15NO3. The molecule has 0 N–H and O–H groups in total. The predicted molar refractivity (Wildman–Crippen MR) is 50.8 cm³/mol.